The van der Waals surface area contributed by atoms with Crippen molar-refractivity contribution in [1.29, 1.82) is 0 Å². The lowest BCUT2D eigenvalue weighted by Crippen LogP contribution is -2.55. The second-order valence-corrected chi connectivity index (χ2v) is 4.92. The van der Waals surface area contributed by atoms with Crippen LogP contribution in [0.1, 0.15) is 25.6 Å². The number of aromatic nitrogens is 3. The maximum Gasteiger partial charge on any atom is 0.138 e. The summed E-state index contributed by atoms with van der Waals surface area (Å²) in [6.45, 7) is 4.43. The molecule has 108 valence electrons. The van der Waals surface area contributed by atoms with E-state index in [1.807, 2.05) is 11.7 Å². The van der Waals surface area contributed by atoms with Crippen LogP contribution in [-0.2, 0) is 22.4 Å². The van der Waals surface area contributed by atoms with Crippen molar-refractivity contribution in [2.45, 2.75) is 44.4 Å². The molecule has 0 spiro atoms. The summed E-state index contributed by atoms with van der Waals surface area (Å²) < 4.78 is 13.3. The molecule has 1 aromatic rings. The predicted molar refractivity (Wildman–Crippen MR) is 72.0 cm³/mol. The van der Waals surface area contributed by atoms with E-state index >= 15 is 0 Å². The summed E-state index contributed by atoms with van der Waals surface area (Å²) in [5, 5.41) is 7.62. The number of nitrogens with zero attached hydrogens (tertiary/aromatic N) is 3. The first-order valence-electron chi connectivity index (χ1n) is 6.92. The fraction of sp³-hybridized carbons (Fsp3) is 0.846. The molecular formula is C13H24N4O2. The van der Waals surface area contributed by atoms with Crippen LogP contribution in [0.25, 0.3) is 0 Å². The number of rotatable bonds is 6. The topological polar surface area (TPSA) is 61.2 Å². The summed E-state index contributed by atoms with van der Waals surface area (Å²) in [6, 6.07) is 0.218. The molecule has 0 amide bonds. The first-order chi connectivity index (χ1) is 9.25. The second-order valence-electron chi connectivity index (χ2n) is 4.92. The SMILES string of the molecule is CCn1ncnc1CC(NC)C1(OC)CCOCC1. The molecule has 2 rings (SSSR count). The molecule has 2 heterocycles. The van der Waals surface area contributed by atoms with Crippen molar-refractivity contribution in [3.8, 4) is 0 Å². The van der Waals surface area contributed by atoms with Gasteiger partial charge in [0, 0.05) is 52.2 Å². The predicted octanol–water partition coefficient (Wildman–Crippen LogP) is 0.624. The van der Waals surface area contributed by atoms with E-state index in [2.05, 4.69) is 22.3 Å². The average molecular weight is 268 g/mol. The number of aryl methyl sites for hydroxylation is 1. The molecule has 1 saturated heterocycles. The largest absolute Gasteiger partial charge is 0.381 e. The molecule has 1 unspecified atom stereocenters. The monoisotopic (exact) mass is 268 g/mol. The molecule has 1 atom stereocenters. The maximum atomic E-state index is 5.85. The Labute approximate surface area is 114 Å². The Hall–Kier alpha value is -0.980. The second kappa shape index (κ2) is 6.45. The van der Waals surface area contributed by atoms with Gasteiger partial charge in [0.15, 0.2) is 0 Å². The Balaban J connectivity index is 2.14. The summed E-state index contributed by atoms with van der Waals surface area (Å²) >= 11 is 0. The Morgan fingerprint density at radius 2 is 2.26 bits per heavy atom. The van der Waals surface area contributed by atoms with Crippen molar-refractivity contribution < 1.29 is 9.47 Å². The van der Waals surface area contributed by atoms with Crippen molar-refractivity contribution in [1.82, 2.24) is 20.1 Å². The summed E-state index contributed by atoms with van der Waals surface area (Å²) in [7, 11) is 3.77. The van der Waals surface area contributed by atoms with Crippen LogP contribution >= 0.6 is 0 Å². The molecule has 0 aliphatic carbocycles. The van der Waals surface area contributed by atoms with Crippen LogP contribution in [0.5, 0.6) is 0 Å². The molecule has 1 aromatic heterocycles. The van der Waals surface area contributed by atoms with E-state index < -0.39 is 0 Å². The van der Waals surface area contributed by atoms with Crippen LogP contribution < -0.4 is 5.32 Å². The van der Waals surface area contributed by atoms with Crippen LogP contribution in [0, 0.1) is 0 Å². The van der Waals surface area contributed by atoms with Crippen molar-refractivity contribution in [3.63, 3.8) is 0 Å². The fourth-order valence-corrected chi connectivity index (χ4v) is 2.86. The minimum atomic E-state index is -0.169. The third kappa shape index (κ3) is 2.96. The number of likely N-dealkylation sites (N-methyl/N-ethyl adjacent to an activating group) is 1. The van der Waals surface area contributed by atoms with Crippen molar-refractivity contribution in [2.24, 2.45) is 0 Å². The Bertz CT molecular complexity index is 388. The van der Waals surface area contributed by atoms with Gasteiger partial charge >= 0.3 is 0 Å². The number of hydrogen-bond acceptors (Lipinski definition) is 5. The summed E-state index contributed by atoms with van der Waals surface area (Å²) in [6.07, 6.45) is 4.26. The highest BCUT2D eigenvalue weighted by Crippen LogP contribution is 2.29. The minimum Gasteiger partial charge on any atom is -0.381 e. The molecule has 0 saturated carbocycles. The average Bonchev–Trinajstić information content (AvgIpc) is 2.92. The van der Waals surface area contributed by atoms with Gasteiger partial charge in [0.05, 0.1) is 5.60 Å². The third-order valence-electron chi connectivity index (χ3n) is 4.11. The van der Waals surface area contributed by atoms with Crippen molar-refractivity contribution >= 4 is 0 Å². The van der Waals surface area contributed by atoms with Gasteiger partial charge in [-0.3, -0.25) is 4.68 Å². The molecule has 0 aromatic carbocycles. The zero-order chi connectivity index (χ0) is 13.7. The van der Waals surface area contributed by atoms with Crippen molar-refractivity contribution in [3.05, 3.63) is 12.2 Å². The summed E-state index contributed by atoms with van der Waals surface area (Å²) in [5.41, 5.74) is -0.169. The molecule has 19 heavy (non-hydrogen) atoms. The van der Waals surface area contributed by atoms with E-state index in [0.29, 0.717) is 0 Å². The van der Waals surface area contributed by atoms with Crippen molar-refractivity contribution in [2.75, 3.05) is 27.4 Å². The van der Waals surface area contributed by atoms with Gasteiger partial charge in [0.1, 0.15) is 12.2 Å². The lowest BCUT2D eigenvalue weighted by atomic mass is 9.84. The normalized spacial score (nSPS) is 20.4. The zero-order valence-corrected chi connectivity index (χ0v) is 12.1. The van der Waals surface area contributed by atoms with Gasteiger partial charge in [-0.25, -0.2) is 4.98 Å². The van der Waals surface area contributed by atoms with Gasteiger partial charge in [-0.05, 0) is 14.0 Å². The smallest absolute Gasteiger partial charge is 0.138 e. The zero-order valence-electron chi connectivity index (χ0n) is 12.1. The summed E-state index contributed by atoms with van der Waals surface area (Å²) in [4.78, 5) is 4.36. The van der Waals surface area contributed by atoms with E-state index in [1.54, 1.807) is 13.4 Å². The van der Waals surface area contributed by atoms with E-state index in [-0.39, 0.29) is 11.6 Å². The quantitative estimate of drug-likeness (QED) is 0.819. The molecule has 1 fully saturated rings. The number of ether oxygens (including phenoxy) is 2. The fourth-order valence-electron chi connectivity index (χ4n) is 2.86. The van der Waals surface area contributed by atoms with Crippen LogP contribution in [0.15, 0.2) is 6.33 Å². The van der Waals surface area contributed by atoms with Gasteiger partial charge < -0.3 is 14.8 Å². The van der Waals surface area contributed by atoms with E-state index in [9.17, 15) is 0 Å². The lowest BCUT2D eigenvalue weighted by molar-refractivity contribution is -0.109. The molecule has 6 heteroatoms. The van der Waals surface area contributed by atoms with Crippen LogP contribution in [-0.4, -0.2) is 53.8 Å². The van der Waals surface area contributed by atoms with Crippen LogP contribution in [0.4, 0.5) is 0 Å². The number of methoxy groups -OCH3 is 1. The number of nitrogens with one attached hydrogen (secondary N) is 1. The van der Waals surface area contributed by atoms with Gasteiger partial charge in [-0.1, -0.05) is 0 Å². The Kier molecular flexibility index (Phi) is 4.90. The first kappa shape index (κ1) is 14.4. The standard InChI is InChI=1S/C13H24N4O2/c1-4-17-12(15-10-16-17)9-11(14-2)13(18-3)5-7-19-8-6-13/h10-11,14H,4-9H2,1-3H3. The van der Waals surface area contributed by atoms with Gasteiger partial charge in [-0.2, -0.15) is 5.10 Å². The highest BCUT2D eigenvalue weighted by Gasteiger charge is 2.40. The van der Waals surface area contributed by atoms with Crippen LogP contribution in [0.3, 0.4) is 0 Å². The highest BCUT2D eigenvalue weighted by atomic mass is 16.5. The Morgan fingerprint density at radius 1 is 1.53 bits per heavy atom. The minimum absolute atomic E-state index is 0.169. The lowest BCUT2D eigenvalue weighted by Gasteiger charge is -2.42. The van der Waals surface area contributed by atoms with Gasteiger partial charge in [0.2, 0.25) is 0 Å². The van der Waals surface area contributed by atoms with E-state index in [1.165, 1.54) is 0 Å². The molecule has 6 nitrogen and oxygen atoms in total. The van der Waals surface area contributed by atoms with Gasteiger partial charge in [-0.15, -0.1) is 0 Å². The molecule has 0 bridgehead atoms. The van der Waals surface area contributed by atoms with Crippen LogP contribution in [0.2, 0.25) is 0 Å². The van der Waals surface area contributed by atoms with Gasteiger partial charge in [0.25, 0.3) is 0 Å². The Morgan fingerprint density at radius 3 is 2.84 bits per heavy atom. The first-order valence-corrected chi connectivity index (χ1v) is 6.92. The number of hydrogen-bond donors (Lipinski definition) is 1. The van der Waals surface area contributed by atoms with E-state index in [4.69, 9.17) is 9.47 Å². The van der Waals surface area contributed by atoms with E-state index in [0.717, 1.165) is 44.8 Å². The molecule has 1 aliphatic heterocycles. The summed E-state index contributed by atoms with van der Waals surface area (Å²) in [5.74, 6) is 1.00. The maximum absolute atomic E-state index is 5.85. The molecule has 1 aliphatic rings. The highest BCUT2D eigenvalue weighted by molar-refractivity contribution is 5.00. The molecule has 0 radical (unpaired) electrons. The molecular weight excluding hydrogens is 244 g/mol. The molecule has 1 N–H and O–H groups in total. The third-order valence-corrected chi connectivity index (χ3v) is 4.11.